The highest BCUT2D eigenvalue weighted by Crippen LogP contribution is 2.40. The van der Waals surface area contributed by atoms with Gasteiger partial charge in [-0.2, -0.15) is 5.10 Å². The van der Waals surface area contributed by atoms with Gasteiger partial charge >= 0.3 is 23.8 Å². The van der Waals surface area contributed by atoms with Crippen LogP contribution >= 0.6 is 11.3 Å². The van der Waals surface area contributed by atoms with E-state index in [2.05, 4.69) is 22.8 Å². The summed E-state index contributed by atoms with van der Waals surface area (Å²) in [5.41, 5.74) is 4.17. The Kier molecular flexibility index (Phi) is 9.89. The largest absolute Gasteiger partial charge is 0.494 e. The molecule has 0 radical (unpaired) electrons. The molecule has 0 bridgehead atoms. The van der Waals surface area contributed by atoms with Gasteiger partial charge in [-0.05, 0) is 85.7 Å². The lowest BCUT2D eigenvalue weighted by molar-refractivity contribution is -0.136. The number of carbonyl (C=O) groups is 4. The predicted molar refractivity (Wildman–Crippen MR) is 172 cm³/mol. The van der Waals surface area contributed by atoms with Crippen LogP contribution in [0.5, 0.6) is 11.5 Å². The fourth-order valence-electron chi connectivity index (χ4n) is 5.13. The number of ether oxygens (including phenoxy) is 3. The summed E-state index contributed by atoms with van der Waals surface area (Å²) in [6.07, 6.45) is 3.73. The number of benzene rings is 3. The zero-order valence-electron chi connectivity index (χ0n) is 25.2. The van der Waals surface area contributed by atoms with Gasteiger partial charge in [0, 0.05) is 10.4 Å². The number of nitrogens with zero attached hydrogens (tertiary/aromatic N) is 1. The molecule has 2 amide bonds. The summed E-state index contributed by atoms with van der Waals surface area (Å²) in [7, 11) is 0. The molecular weight excluding hydrogens is 594 g/mol. The van der Waals surface area contributed by atoms with Gasteiger partial charge in [0.15, 0.2) is 0 Å². The molecule has 1 aromatic heterocycles. The van der Waals surface area contributed by atoms with Crippen LogP contribution in [0.4, 0.5) is 5.00 Å². The quantitative estimate of drug-likeness (QED) is 0.0775. The van der Waals surface area contributed by atoms with E-state index in [1.807, 2.05) is 37.3 Å². The number of hydrazone groups is 1. The molecule has 0 spiro atoms. The van der Waals surface area contributed by atoms with E-state index in [4.69, 9.17) is 14.2 Å². The summed E-state index contributed by atoms with van der Waals surface area (Å²) >= 11 is 1.29. The minimum absolute atomic E-state index is 0.189. The summed E-state index contributed by atoms with van der Waals surface area (Å²) < 4.78 is 16.4. The third-order valence-corrected chi connectivity index (χ3v) is 8.49. The van der Waals surface area contributed by atoms with Crippen LogP contribution in [0.3, 0.4) is 0 Å². The Bertz CT molecular complexity index is 1780. The van der Waals surface area contributed by atoms with Gasteiger partial charge < -0.3 is 19.5 Å². The molecule has 1 aliphatic carbocycles. The van der Waals surface area contributed by atoms with Crippen molar-refractivity contribution in [1.82, 2.24) is 5.43 Å². The van der Waals surface area contributed by atoms with Crippen molar-refractivity contribution in [3.8, 4) is 11.5 Å². The number of carbonyl (C=O) groups excluding carboxylic acids is 4. The Balaban J connectivity index is 1.33. The molecule has 0 saturated carbocycles. The van der Waals surface area contributed by atoms with Crippen molar-refractivity contribution in [1.29, 1.82) is 0 Å². The molecule has 1 aliphatic rings. The van der Waals surface area contributed by atoms with Gasteiger partial charge in [0.1, 0.15) is 16.5 Å². The third-order valence-electron chi connectivity index (χ3n) is 7.32. The average molecular weight is 628 g/mol. The second kappa shape index (κ2) is 14.2. The number of anilines is 1. The molecule has 0 unspecified atom stereocenters. The lowest BCUT2D eigenvalue weighted by Crippen LogP contribution is -2.32. The van der Waals surface area contributed by atoms with Gasteiger partial charge in [-0.3, -0.25) is 9.59 Å². The Morgan fingerprint density at radius 3 is 2.49 bits per heavy atom. The highest BCUT2D eigenvalue weighted by Gasteiger charge is 2.30. The molecule has 0 aliphatic heterocycles. The van der Waals surface area contributed by atoms with Crippen molar-refractivity contribution in [2.24, 2.45) is 11.0 Å². The first-order chi connectivity index (χ1) is 21.8. The van der Waals surface area contributed by atoms with Gasteiger partial charge in [0.05, 0.1) is 30.6 Å². The van der Waals surface area contributed by atoms with Crippen LogP contribution in [0, 0.1) is 5.92 Å². The van der Waals surface area contributed by atoms with Gasteiger partial charge in [0.2, 0.25) is 0 Å². The monoisotopic (exact) mass is 627 g/mol. The van der Waals surface area contributed by atoms with Gasteiger partial charge in [0.25, 0.3) is 0 Å². The van der Waals surface area contributed by atoms with Gasteiger partial charge in [-0.1, -0.05) is 37.3 Å². The molecule has 232 valence electrons. The minimum atomic E-state index is -1.03. The second-order valence-corrected chi connectivity index (χ2v) is 11.6. The molecule has 5 rings (SSSR count). The molecule has 1 atom stereocenters. The summed E-state index contributed by atoms with van der Waals surface area (Å²) in [5, 5.41) is 8.45. The van der Waals surface area contributed by atoms with Crippen LogP contribution in [0.2, 0.25) is 0 Å². The number of hydrogen-bond donors (Lipinski definition) is 2. The van der Waals surface area contributed by atoms with E-state index in [0.29, 0.717) is 41.4 Å². The Morgan fingerprint density at radius 1 is 0.956 bits per heavy atom. The summed E-state index contributed by atoms with van der Waals surface area (Å²) in [6, 6.07) is 17.5. The highest BCUT2D eigenvalue weighted by atomic mass is 32.1. The van der Waals surface area contributed by atoms with E-state index in [9.17, 15) is 19.2 Å². The van der Waals surface area contributed by atoms with Crippen molar-refractivity contribution in [2.75, 3.05) is 18.5 Å². The Labute approximate surface area is 264 Å². The van der Waals surface area contributed by atoms with E-state index in [0.717, 1.165) is 34.1 Å². The molecule has 11 heteroatoms. The van der Waals surface area contributed by atoms with E-state index in [1.54, 1.807) is 37.3 Å². The maximum Gasteiger partial charge on any atom is 0.343 e. The average Bonchev–Trinajstić information content (AvgIpc) is 3.39. The number of rotatable bonds is 9. The maximum atomic E-state index is 13.0. The molecule has 4 aromatic rings. The zero-order chi connectivity index (χ0) is 31.9. The van der Waals surface area contributed by atoms with Gasteiger partial charge in [-0.15, -0.1) is 11.3 Å². The molecule has 1 heterocycles. The number of thiophene rings is 1. The number of esters is 2. The molecule has 0 saturated heterocycles. The van der Waals surface area contributed by atoms with Crippen molar-refractivity contribution < 1.29 is 33.4 Å². The van der Waals surface area contributed by atoms with Crippen LogP contribution in [0.25, 0.3) is 10.8 Å². The topological polar surface area (TPSA) is 132 Å². The fourth-order valence-corrected chi connectivity index (χ4v) is 6.53. The number of amides is 2. The second-order valence-electron chi connectivity index (χ2n) is 10.5. The van der Waals surface area contributed by atoms with Crippen molar-refractivity contribution in [3.63, 3.8) is 0 Å². The molecule has 10 nitrogen and oxygen atoms in total. The van der Waals surface area contributed by atoms with Crippen molar-refractivity contribution >= 4 is 57.1 Å². The van der Waals surface area contributed by atoms with Crippen LogP contribution in [0.1, 0.15) is 63.9 Å². The van der Waals surface area contributed by atoms with Crippen LogP contribution in [-0.2, 0) is 27.2 Å². The third kappa shape index (κ3) is 7.21. The fraction of sp³-hybridized carbons (Fsp3) is 0.265. The summed E-state index contributed by atoms with van der Waals surface area (Å²) in [5.74, 6) is -1.83. The lowest BCUT2D eigenvalue weighted by atomic mass is 9.88. The zero-order valence-corrected chi connectivity index (χ0v) is 26.0. The molecule has 0 fully saturated rings. The smallest absolute Gasteiger partial charge is 0.343 e. The summed E-state index contributed by atoms with van der Waals surface area (Å²) in [4.78, 5) is 52.4. The first-order valence-electron chi connectivity index (χ1n) is 14.7. The summed E-state index contributed by atoms with van der Waals surface area (Å²) in [6.45, 7) is 6.42. The van der Waals surface area contributed by atoms with E-state index in [1.165, 1.54) is 17.6 Å². The maximum absolute atomic E-state index is 13.0. The molecule has 45 heavy (non-hydrogen) atoms. The molecule has 3 aromatic carbocycles. The Morgan fingerprint density at radius 2 is 1.73 bits per heavy atom. The first kappa shape index (κ1) is 31.4. The van der Waals surface area contributed by atoms with Crippen molar-refractivity contribution in [2.45, 2.75) is 40.0 Å². The van der Waals surface area contributed by atoms with Crippen LogP contribution < -0.4 is 20.2 Å². The first-order valence-corrected chi connectivity index (χ1v) is 15.5. The number of fused-ring (bicyclic) bond motifs is 2. The Hall–Kier alpha value is -5.03. The van der Waals surface area contributed by atoms with E-state index < -0.39 is 23.8 Å². The molecular formula is C34H33N3O7S. The van der Waals surface area contributed by atoms with E-state index in [-0.39, 0.29) is 17.4 Å². The SMILES string of the molecule is CCOC(=O)c1c(NC(=O)C(=O)N/N=C\c2c(OC(=O)c3ccc(OCC)cc3)ccc3ccccc23)sc2c1CC[C@@H](C)C2. The van der Waals surface area contributed by atoms with Crippen LogP contribution in [0.15, 0.2) is 65.8 Å². The van der Waals surface area contributed by atoms with Gasteiger partial charge in [-0.25, -0.2) is 15.0 Å². The highest BCUT2D eigenvalue weighted by molar-refractivity contribution is 7.17. The van der Waals surface area contributed by atoms with Crippen LogP contribution in [-0.4, -0.2) is 43.2 Å². The minimum Gasteiger partial charge on any atom is -0.494 e. The lowest BCUT2D eigenvalue weighted by Gasteiger charge is -2.18. The standard InChI is InChI=1S/C34H33N3O7S/c1-4-42-23-14-11-22(12-15-23)33(40)44-27-17-13-21-8-6-7-9-24(21)26(27)19-35-37-31(39)30(38)36-32-29(34(41)43-5-2)25-16-10-20(3)18-28(25)45-32/h6-9,11-15,17,19-20H,4-5,10,16,18H2,1-3H3,(H,36,38)(H,37,39)/b35-19-/t20-/m1/s1. The van der Waals surface area contributed by atoms with Crippen molar-refractivity contribution in [3.05, 3.63) is 87.8 Å². The normalized spacial score (nSPS) is 14.1. The number of hydrogen-bond acceptors (Lipinski definition) is 9. The predicted octanol–water partition coefficient (Wildman–Crippen LogP) is 5.91. The van der Waals surface area contributed by atoms with E-state index >= 15 is 0 Å². The number of nitrogens with one attached hydrogen (secondary N) is 2. The molecule has 2 N–H and O–H groups in total.